The Balaban J connectivity index is 2.40. The summed E-state index contributed by atoms with van der Waals surface area (Å²) < 4.78 is 0. The predicted octanol–water partition coefficient (Wildman–Crippen LogP) is 3.58. The fraction of sp³-hybridized carbons (Fsp3) is 0.692. The molecule has 0 amide bonds. The van der Waals surface area contributed by atoms with Crippen LogP contribution in [0.1, 0.15) is 39.8 Å². The van der Waals surface area contributed by atoms with Crippen molar-refractivity contribution in [2.45, 2.75) is 45.1 Å². The molecule has 1 heterocycles. The summed E-state index contributed by atoms with van der Waals surface area (Å²) in [7, 11) is 0. The van der Waals surface area contributed by atoms with Gasteiger partial charge in [0.05, 0.1) is 18.1 Å². The van der Waals surface area contributed by atoms with Gasteiger partial charge in [0, 0.05) is 17.5 Å². The smallest absolute Gasteiger partial charge is 0.144 e. The molecule has 1 rings (SSSR count). The molecular weight excluding hydrogens is 230 g/mol. The van der Waals surface area contributed by atoms with Crippen molar-refractivity contribution in [2.75, 3.05) is 11.9 Å². The fourth-order valence-corrected chi connectivity index (χ4v) is 2.15. The molecule has 1 N–H and O–H groups in total. The van der Waals surface area contributed by atoms with E-state index in [-0.39, 0.29) is 0 Å². The van der Waals surface area contributed by atoms with Gasteiger partial charge in [0.1, 0.15) is 5.82 Å². The summed E-state index contributed by atoms with van der Waals surface area (Å²) in [6, 6.07) is 0. The van der Waals surface area contributed by atoms with Crippen LogP contribution in [0.2, 0.25) is 0 Å². The zero-order valence-corrected chi connectivity index (χ0v) is 12.0. The molecule has 0 radical (unpaired) electrons. The van der Waals surface area contributed by atoms with E-state index >= 15 is 0 Å². The molecule has 0 fully saturated rings. The number of rotatable bonds is 7. The van der Waals surface area contributed by atoms with E-state index in [1.807, 2.05) is 24.2 Å². The van der Waals surface area contributed by atoms with Gasteiger partial charge in [-0.1, -0.05) is 27.7 Å². The number of hydrogen-bond acceptors (Lipinski definition) is 4. The lowest BCUT2D eigenvalue weighted by Gasteiger charge is -2.14. The molecule has 0 aliphatic rings. The van der Waals surface area contributed by atoms with E-state index in [0.717, 1.165) is 30.2 Å². The zero-order valence-electron chi connectivity index (χ0n) is 11.2. The largest absolute Gasteiger partial charge is 0.369 e. The average Bonchev–Trinajstić information content (AvgIpc) is 2.34. The van der Waals surface area contributed by atoms with Crippen LogP contribution < -0.4 is 5.32 Å². The van der Waals surface area contributed by atoms with Gasteiger partial charge in [0.25, 0.3) is 0 Å². The van der Waals surface area contributed by atoms with Crippen LogP contribution in [-0.4, -0.2) is 21.8 Å². The lowest BCUT2D eigenvalue weighted by Crippen LogP contribution is -2.07. The molecule has 1 unspecified atom stereocenters. The van der Waals surface area contributed by atoms with Gasteiger partial charge in [0.15, 0.2) is 0 Å². The summed E-state index contributed by atoms with van der Waals surface area (Å²) in [6.45, 7) is 9.86. The van der Waals surface area contributed by atoms with Crippen molar-refractivity contribution >= 4 is 17.6 Å². The molecule has 0 aliphatic carbocycles. The molecule has 1 aromatic rings. The van der Waals surface area contributed by atoms with E-state index in [0.29, 0.717) is 11.2 Å². The average molecular weight is 253 g/mol. The summed E-state index contributed by atoms with van der Waals surface area (Å²) in [5.74, 6) is 2.52. The van der Waals surface area contributed by atoms with E-state index in [2.05, 4.69) is 43.0 Å². The monoisotopic (exact) mass is 253 g/mol. The zero-order chi connectivity index (χ0) is 12.7. The van der Waals surface area contributed by atoms with E-state index in [1.54, 1.807) is 0 Å². The third kappa shape index (κ3) is 5.39. The highest BCUT2D eigenvalue weighted by Gasteiger charge is 2.08. The van der Waals surface area contributed by atoms with E-state index in [4.69, 9.17) is 0 Å². The maximum absolute atomic E-state index is 4.42. The normalized spacial score (nSPS) is 12.8. The molecule has 0 aliphatic heterocycles. The highest BCUT2D eigenvalue weighted by molar-refractivity contribution is 7.99. The standard InChI is InChI=1S/C13H23N3S/c1-5-6-14-13-8-15-12(7-16-13)9-17-11(4)10(2)3/h7-8,10-11H,5-6,9H2,1-4H3,(H,14,16). The Bertz CT molecular complexity index is 311. The Kier molecular flexibility index (Phi) is 6.34. The van der Waals surface area contributed by atoms with E-state index in [9.17, 15) is 0 Å². The SMILES string of the molecule is CCCNc1cnc(CSC(C)C(C)C)cn1. The van der Waals surface area contributed by atoms with Gasteiger partial charge in [-0.3, -0.25) is 4.98 Å². The molecule has 4 heteroatoms. The summed E-state index contributed by atoms with van der Waals surface area (Å²) in [5.41, 5.74) is 1.06. The lowest BCUT2D eigenvalue weighted by atomic mass is 10.2. The predicted molar refractivity (Wildman–Crippen MR) is 76.4 cm³/mol. The van der Waals surface area contributed by atoms with Gasteiger partial charge >= 0.3 is 0 Å². The Morgan fingerprint density at radius 2 is 2.00 bits per heavy atom. The minimum Gasteiger partial charge on any atom is -0.369 e. The summed E-state index contributed by atoms with van der Waals surface area (Å²) >= 11 is 1.94. The van der Waals surface area contributed by atoms with Gasteiger partial charge in [-0.05, 0) is 12.3 Å². The second-order valence-electron chi connectivity index (χ2n) is 4.58. The number of aromatic nitrogens is 2. The second-order valence-corrected chi connectivity index (χ2v) is 5.95. The van der Waals surface area contributed by atoms with Crippen LogP contribution in [0.15, 0.2) is 12.4 Å². The third-order valence-corrected chi connectivity index (χ3v) is 4.23. The van der Waals surface area contributed by atoms with Crippen molar-refractivity contribution in [2.24, 2.45) is 5.92 Å². The Hall–Kier alpha value is -0.770. The molecule has 0 aromatic carbocycles. The van der Waals surface area contributed by atoms with Crippen LogP contribution >= 0.6 is 11.8 Å². The minimum atomic E-state index is 0.662. The van der Waals surface area contributed by atoms with E-state index < -0.39 is 0 Å². The topological polar surface area (TPSA) is 37.8 Å². The van der Waals surface area contributed by atoms with Crippen molar-refractivity contribution in [3.05, 3.63) is 18.1 Å². The molecule has 0 saturated heterocycles. The number of hydrogen-bond donors (Lipinski definition) is 1. The van der Waals surface area contributed by atoms with Gasteiger partial charge in [-0.2, -0.15) is 11.8 Å². The fourth-order valence-electron chi connectivity index (χ4n) is 1.18. The van der Waals surface area contributed by atoms with Gasteiger partial charge < -0.3 is 5.32 Å². The Labute approximate surface area is 109 Å². The quantitative estimate of drug-likeness (QED) is 0.806. The first-order chi connectivity index (χ1) is 8.13. The first-order valence-electron chi connectivity index (χ1n) is 6.29. The number of nitrogens with zero attached hydrogens (tertiary/aromatic N) is 2. The third-order valence-electron chi connectivity index (χ3n) is 2.69. The van der Waals surface area contributed by atoms with Gasteiger partial charge in [-0.15, -0.1) is 0 Å². The molecule has 0 saturated carbocycles. The van der Waals surface area contributed by atoms with Crippen molar-refractivity contribution in [1.29, 1.82) is 0 Å². The van der Waals surface area contributed by atoms with Crippen LogP contribution in [0, 0.1) is 5.92 Å². The molecular formula is C13H23N3S. The van der Waals surface area contributed by atoms with Gasteiger partial charge in [0.2, 0.25) is 0 Å². The van der Waals surface area contributed by atoms with E-state index in [1.165, 1.54) is 0 Å². The maximum atomic E-state index is 4.42. The second kappa shape index (κ2) is 7.54. The van der Waals surface area contributed by atoms with Crippen molar-refractivity contribution in [3.63, 3.8) is 0 Å². The highest BCUT2D eigenvalue weighted by Crippen LogP contribution is 2.22. The van der Waals surface area contributed by atoms with Crippen LogP contribution in [0.3, 0.4) is 0 Å². The Morgan fingerprint density at radius 3 is 2.53 bits per heavy atom. The minimum absolute atomic E-state index is 0.662. The van der Waals surface area contributed by atoms with Crippen LogP contribution in [0.4, 0.5) is 5.82 Å². The van der Waals surface area contributed by atoms with Crippen molar-refractivity contribution < 1.29 is 0 Å². The molecule has 1 atom stereocenters. The molecule has 0 spiro atoms. The number of anilines is 1. The molecule has 17 heavy (non-hydrogen) atoms. The Morgan fingerprint density at radius 1 is 1.24 bits per heavy atom. The molecule has 0 bridgehead atoms. The number of thioether (sulfide) groups is 1. The molecule has 1 aromatic heterocycles. The van der Waals surface area contributed by atoms with Gasteiger partial charge in [-0.25, -0.2) is 4.98 Å². The highest BCUT2D eigenvalue weighted by atomic mass is 32.2. The summed E-state index contributed by atoms with van der Waals surface area (Å²) in [6.07, 6.45) is 4.80. The first-order valence-corrected chi connectivity index (χ1v) is 7.34. The van der Waals surface area contributed by atoms with Crippen LogP contribution in [0.25, 0.3) is 0 Å². The first kappa shape index (κ1) is 14.3. The molecule has 96 valence electrons. The number of nitrogens with one attached hydrogen (secondary N) is 1. The summed E-state index contributed by atoms with van der Waals surface area (Å²) in [5, 5.41) is 3.89. The van der Waals surface area contributed by atoms with Crippen molar-refractivity contribution in [3.8, 4) is 0 Å². The van der Waals surface area contributed by atoms with Crippen LogP contribution in [-0.2, 0) is 5.75 Å². The van der Waals surface area contributed by atoms with Crippen molar-refractivity contribution in [1.82, 2.24) is 9.97 Å². The van der Waals surface area contributed by atoms with Crippen LogP contribution in [0.5, 0.6) is 0 Å². The maximum Gasteiger partial charge on any atom is 0.144 e. The lowest BCUT2D eigenvalue weighted by molar-refractivity contribution is 0.642. The summed E-state index contributed by atoms with van der Waals surface area (Å²) in [4.78, 5) is 8.77. The molecule has 3 nitrogen and oxygen atoms in total.